The van der Waals surface area contributed by atoms with Crippen molar-refractivity contribution in [3.8, 4) is 0 Å². The van der Waals surface area contributed by atoms with E-state index >= 15 is 0 Å². The van der Waals surface area contributed by atoms with Crippen LogP contribution in [0, 0.1) is 0 Å². The topological polar surface area (TPSA) is 80.8 Å². The molecule has 17 heavy (non-hydrogen) atoms. The Hall–Kier alpha value is -1.12. The van der Waals surface area contributed by atoms with Gasteiger partial charge in [0.25, 0.3) is 0 Å². The van der Waals surface area contributed by atoms with E-state index in [9.17, 15) is 0 Å². The van der Waals surface area contributed by atoms with E-state index < -0.39 is 0 Å². The predicted octanol–water partition coefficient (Wildman–Crippen LogP) is 1.78. The van der Waals surface area contributed by atoms with E-state index in [-0.39, 0.29) is 5.15 Å². The quantitative estimate of drug-likeness (QED) is 0.862. The van der Waals surface area contributed by atoms with E-state index in [2.05, 4.69) is 20.2 Å². The Labute approximate surface area is 111 Å². The lowest BCUT2D eigenvalue weighted by molar-refractivity contribution is 0.969. The summed E-state index contributed by atoms with van der Waals surface area (Å²) in [6.07, 6.45) is 1.37. The number of hydrogen-bond acceptors (Lipinski definition) is 8. The van der Waals surface area contributed by atoms with Crippen molar-refractivity contribution in [2.75, 3.05) is 24.7 Å². The molecule has 90 valence electrons. The molecule has 0 atom stereocenters. The van der Waals surface area contributed by atoms with Gasteiger partial charge in [0.15, 0.2) is 9.49 Å². The molecule has 0 saturated carbocycles. The standard InChI is InChI=1S/C8H9ClN6S2/c1-15(2)7-13-14-8(17-7)16-6-4(10)5(9)11-3-12-6/h3H,10H2,1-2H3. The molecular weight excluding hydrogens is 280 g/mol. The molecule has 0 aliphatic rings. The lowest BCUT2D eigenvalue weighted by atomic mass is 10.6. The lowest BCUT2D eigenvalue weighted by Gasteiger charge is -2.04. The molecule has 9 heteroatoms. The van der Waals surface area contributed by atoms with Crippen LogP contribution in [-0.4, -0.2) is 34.3 Å². The molecule has 2 N–H and O–H groups in total. The first-order valence-corrected chi connectivity index (χ1v) is 6.53. The first-order valence-electron chi connectivity index (χ1n) is 4.52. The van der Waals surface area contributed by atoms with Gasteiger partial charge in [-0.1, -0.05) is 22.9 Å². The van der Waals surface area contributed by atoms with E-state index in [4.69, 9.17) is 17.3 Å². The molecule has 2 heterocycles. The maximum Gasteiger partial charge on any atom is 0.208 e. The molecule has 0 fully saturated rings. The van der Waals surface area contributed by atoms with Crippen LogP contribution in [0.1, 0.15) is 0 Å². The average molecular weight is 289 g/mol. The zero-order valence-corrected chi connectivity index (χ0v) is 11.5. The number of rotatable bonds is 3. The van der Waals surface area contributed by atoms with Crippen LogP contribution < -0.4 is 10.6 Å². The van der Waals surface area contributed by atoms with E-state index in [1.807, 2.05) is 19.0 Å². The summed E-state index contributed by atoms with van der Waals surface area (Å²) in [7, 11) is 3.82. The number of hydrogen-bond donors (Lipinski definition) is 1. The second-order valence-electron chi connectivity index (χ2n) is 3.23. The van der Waals surface area contributed by atoms with Crippen molar-refractivity contribution < 1.29 is 0 Å². The molecule has 0 aliphatic carbocycles. The maximum atomic E-state index is 5.81. The van der Waals surface area contributed by atoms with Crippen molar-refractivity contribution in [3.05, 3.63) is 11.5 Å². The number of halogens is 1. The molecule has 2 rings (SSSR count). The second kappa shape index (κ2) is 5.03. The van der Waals surface area contributed by atoms with Crippen LogP contribution in [0.3, 0.4) is 0 Å². The van der Waals surface area contributed by atoms with Gasteiger partial charge in [0.2, 0.25) is 5.13 Å². The second-order valence-corrected chi connectivity index (χ2v) is 5.78. The predicted molar refractivity (Wildman–Crippen MR) is 69.8 cm³/mol. The Morgan fingerprint density at radius 1 is 1.35 bits per heavy atom. The van der Waals surface area contributed by atoms with E-state index in [1.54, 1.807) is 0 Å². The third-order valence-electron chi connectivity index (χ3n) is 1.76. The highest BCUT2D eigenvalue weighted by Gasteiger charge is 2.12. The Balaban J connectivity index is 2.22. The summed E-state index contributed by atoms with van der Waals surface area (Å²) in [6.45, 7) is 0. The van der Waals surface area contributed by atoms with Gasteiger partial charge in [-0.3, -0.25) is 0 Å². The summed E-state index contributed by atoms with van der Waals surface area (Å²) < 4.78 is 0.759. The SMILES string of the molecule is CN(C)c1nnc(Sc2ncnc(Cl)c2N)s1. The monoisotopic (exact) mass is 288 g/mol. The molecule has 0 radical (unpaired) electrons. The third-order valence-corrected chi connectivity index (χ3v) is 4.22. The van der Waals surface area contributed by atoms with Crippen LogP contribution in [0.15, 0.2) is 15.7 Å². The van der Waals surface area contributed by atoms with Gasteiger partial charge in [-0.15, -0.1) is 10.2 Å². The molecule has 0 amide bonds. The summed E-state index contributed by atoms with van der Waals surface area (Å²) >= 11 is 8.59. The number of anilines is 2. The summed E-state index contributed by atoms with van der Waals surface area (Å²) in [5.74, 6) is 0. The van der Waals surface area contributed by atoms with Crippen LogP contribution in [0.5, 0.6) is 0 Å². The zero-order chi connectivity index (χ0) is 12.4. The molecule has 0 aliphatic heterocycles. The number of aromatic nitrogens is 4. The molecule has 6 nitrogen and oxygen atoms in total. The normalized spacial score (nSPS) is 10.5. The first-order chi connectivity index (χ1) is 8.08. The maximum absolute atomic E-state index is 5.81. The number of nitrogen functional groups attached to an aromatic ring is 1. The van der Waals surface area contributed by atoms with Crippen molar-refractivity contribution in [1.82, 2.24) is 20.2 Å². The Morgan fingerprint density at radius 2 is 2.12 bits per heavy atom. The van der Waals surface area contributed by atoms with Crippen LogP contribution in [-0.2, 0) is 0 Å². The minimum Gasteiger partial charge on any atom is -0.394 e. The third kappa shape index (κ3) is 2.76. The highest BCUT2D eigenvalue weighted by Crippen LogP contribution is 2.35. The highest BCUT2D eigenvalue weighted by atomic mass is 35.5. The molecule has 2 aromatic heterocycles. The van der Waals surface area contributed by atoms with Gasteiger partial charge >= 0.3 is 0 Å². The van der Waals surface area contributed by atoms with Crippen LogP contribution in [0.4, 0.5) is 10.8 Å². The molecule has 0 bridgehead atoms. The summed E-state index contributed by atoms with van der Waals surface area (Å²) in [4.78, 5) is 9.73. The largest absolute Gasteiger partial charge is 0.394 e. The molecular formula is C8H9ClN6S2. The minimum atomic E-state index is 0.250. The number of nitrogens with zero attached hydrogens (tertiary/aromatic N) is 5. The van der Waals surface area contributed by atoms with Gasteiger partial charge < -0.3 is 10.6 Å². The fourth-order valence-corrected chi connectivity index (χ4v) is 2.82. The average Bonchev–Trinajstić information content (AvgIpc) is 2.73. The highest BCUT2D eigenvalue weighted by molar-refractivity contribution is 8.01. The fraction of sp³-hybridized carbons (Fsp3) is 0.250. The van der Waals surface area contributed by atoms with Gasteiger partial charge in [-0.25, -0.2) is 9.97 Å². The molecule has 2 aromatic rings. The van der Waals surface area contributed by atoms with E-state index in [0.717, 1.165) is 9.47 Å². The van der Waals surface area contributed by atoms with E-state index in [1.165, 1.54) is 29.4 Å². The van der Waals surface area contributed by atoms with Gasteiger partial charge in [0.1, 0.15) is 17.0 Å². The summed E-state index contributed by atoms with van der Waals surface area (Å²) in [6, 6.07) is 0. The fourth-order valence-electron chi connectivity index (χ4n) is 0.948. The Bertz CT molecular complexity index is 528. The Morgan fingerprint density at radius 3 is 2.76 bits per heavy atom. The lowest BCUT2D eigenvalue weighted by Crippen LogP contribution is -2.07. The first kappa shape index (κ1) is 12.3. The minimum absolute atomic E-state index is 0.250. The number of nitrogens with two attached hydrogens (primary N) is 1. The van der Waals surface area contributed by atoms with Crippen molar-refractivity contribution in [2.45, 2.75) is 9.37 Å². The van der Waals surface area contributed by atoms with Crippen molar-refractivity contribution in [2.24, 2.45) is 0 Å². The molecule has 0 aromatic carbocycles. The van der Waals surface area contributed by atoms with Crippen LogP contribution >= 0.6 is 34.7 Å². The van der Waals surface area contributed by atoms with Crippen molar-refractivity contribution in [1.29, 1.82) is 0 Å². The Kier molecular flexibility index (Phi) is 3.65. The van der Waals surface area contributed by atoms with Gasteiger partial charge in [0.05, 0.1) is 0 Å². The zero-order valence-electron chi connectivity index (χ0n) is 9.09. The van der Waals surface area contributed by atoms with Crippen molar-refractivity contribution >= 4 is 45.5 Å². The van der Waals surface area contributed by atoms with Gasteiger partial charge in [-0.2, -0.15) is 0 Å². The smallest absolute Gasteiger partial charge is 0.208 e. The molecule has 0 spiro atoms. The summed E-state index contributed by atoms with van der Waals surface area (Å²) in [5, 5.41) is 9.72. The van der Waals surface area contributed by atoms with Crippen molar-refractivity contribution in [3.63, 3.8) is 0 Å². The molecule has 0 saturated heterocycles. The molecule has 0 unspecified atom stereocenters. The van der Waals surface area contributed by atoms with Gasteiger partial charge in [-0.05, 0) is 11.8 Å². The van der Waals surface area contributed by atoms with Crippen LogP contribution in [0.25, 0.3) is 0 Å². The van der Waals surface area contributed by atoms with Crippen LogP contribution in [0.2, 0.25) is 5.15 Å². The van der Waals surface area contributed by atoms with Gasteiger partial charge in [0, 0.05) is 14.1 Å². The van der Waals surface area contributed by atoms with E-state index in [0.29, 0.717) is 10.7 Å². The summed E-state index contributed by atoms with van der Waals surface area (Å²) in [5.41, 5.74) is 6.13.